The average molecular weight is 369 g/mol. The molecule has 1 aliphatic carbocycles. The van der Waals surface area contributed by atoms with Gasteiger partial charge in [-0.2, -0.15) is 13.2 Å². The number of imidazole rings is 1. The van der Waals surface area contributed by atoms with Crippen molar-refractivity contribution < 1.29 is 22.4 Å². The highest BCUT2D eigenvalue weighted by Gasteiger charge is 2.48. The average Bonchev–Trinajstić information content (AvgIpc) is 3.00. The molecule has 26 heavy (non-hydrogen) atoms. The lowest BCUT2D eigenvalue weighted by atomic mass is 9.78. The first-order chi connectivity index (χ1) is 12.3. The Kier molecular flexibility index (Phi) is 5.02. The van der Waals surface area contributed by atoms with Crippen molar-refractivity contribution in [2.24, 2.45) is 11.8 Å². The summed E-state index contributed by atoms with van der Waals surface area (Å²) in [5.74, 6) is -3.50. The van der Waals surface area contributed by atoms with Gasteiger partial charge in [-0.25, -0.2) is 9.37 Å². The molecule has 0 unspecified atom stereocenters. The third-order valence-electron chi connectivity index (χ3n) is 4.82. The number of amides is 1. The SMILES string of the molecule is Cc1nccn1-c1ccc(NC(=O)[C@@H]2CCCC[C@@H]2C(F)(F)F)cc1F. The molecule has 0 saturated heterocycles. The third kappa shape index (κ3) is 3.73. The van der Waals surface area contributed by atoms with Crippen LogP contribution in [0.4, 0.5) is 23.2 Å². The molecule has 1 amide bonds. The van der Waals surface area contributed by atoms with E-state index in [4.69, 9.17) is 0 Å². The van der Waals surface area contributed by atoms with E-state index in [-0.39, 0.29) is 24.2 Å². The van der Waals surface area contributed by atoms with E-state index >= 15 is 0 Å². The fourth-order valence-electron chi connectivity index (χ4n) is 3.48. The van der Waals surface area contributed by atoms with Gasteiger partial charge in [-0.3, -0.25) is 4.79 Å². The van der Waals surface area contributed by atoms with Gasteiger partial charge < -0.3 is 9.88 Å². The summed E-state index contributed by atoms with van der Waals surface area (Å²) in [7, 11) is 0. The third-order valence-corrected chi connectivity index (χ3v) is 4.82. The number of nitrogens with zero attached hydrogens (tertiary/aromatic N) is 2. The van der Waals surface area contributed by atoms with Gasteiger partial charge in [-0.15, -0.1) is 0 Å². The van der Waals surface area contributed by atoms with Gasteiger partial charge >= 0.3 is 6.18 Å². The van der Waals surface area contributed by atoms with Crippen LogP contribution in [-0.4, -0.2) is 21.6 Å². The monoisotopic (exact) mass is 369 g/mol. The molecule has 140 valence electrons. The van der Waals surface area contributed by atoms with Crippen LogP contribution in [0, 0.1) is 24.6 Å². The minimum atomic E-state index is -4.41. The number of aromatic nitrogens is 2. The summed E-state index contributed by atoms with van der Waals surface area (Å²) >= 11 is 0. The predicted octanol–water partition coefficient (Wildman–Crippen LogP) is 4.63. The number of benzene rings is 1. The van der Waals surface area contributed by atoms with Crippen LogP contribution in [-0.2, 0) is 4.79 Å². The van der Waals surface area contributed by atoms with Gasteiger partial charge in [0.25, 0.3) is 0 Å². The van der Waals surface area contributed by atoms with Crippen molar-refractivity contribution in [1.82, 2.24) is 9.55 Å². The molecule has 1 fully saturated rings. The molecule has 1 aromatic heterocycles. The molecule has 0 bridgehead atoms. The number of hydrogen-bond donors (Lipinski definition) is 1. The smallest absolute Gasteiger partial charge is 0.326 e. The maximum absolute atomic E-state index is 14.4. The molecule has 3 rings (SSSR count). The van der Waals surface area contributed by atoms with E-state index in [2.05, 4.69) is 10.3 Å². The van der Waals surface area contributed by atoms with Gasteiger partial charge in [0.1, 0.15) is 11.6 Å². The molecule has 1 N–H and O–H groups in total. The largest absolute Gasteiger partial charge is 0.392 e. The Balaban J connectivity index is 1.77. The molecule has 1 saturated carbocycles. The van der Waals surface area contributed by atoms with Crippen molar-refractivity contribution in [3.63, 3.8) is 0 Å². The minimum Gasteiger partial charge on any atom is -0.326 e. The quantitative estimate of drug-likeness (QED) is 0.802. The molecule has 2 atom stereocenters. The van der Waals surface area contributed by atoms with Gasteiger partial charge in [0.2, 0.25) is 5.91 Å². The number of nitrogens with one attached hydrogen (secondary N) is 1. The van der Waals surface area contributed by atoms with Gasteiger partial charge in [-0.05, 0) is 38.0 Å². The Hall–Kier alpha value is -2.38. The number of hydrogen-bond acceptors (Lipinski definition) is 2. The van der Waals surface area contributed by atoms with E-state index in [0.29, 0.717) is 18.7 Å². The van der Waals surface area contributed by atoms with Gasteiger partial charge in [0.15, 0.2) is 0 Å². The normalized spacial score (nSPS) is 20.8. The molecule has 0 aliphatic heterocycles. The summed E-state index contributed by atoms with van der Waals surface area (Å²) in [4.78, 5) is 16.4. The fraction of sp³-hybridized carbons (Fsp3) is 0.444. The number of anilines is 1. The fourth-order valence-corrected chi connectivity index (χ4v) is 3.48. The number of halogens is 4. The Morgan fingerprint density at radius 2 is 2.00 bits per heavy atom. The highest BCUT2D eigenvalue weighted by Crippen LogP contribution is 2.41. The lowest BCUT2D eigenvalue weighted by Gasteiger charge is -2.32. The second kappa shape index (κ2) is 7.09. The summed E-state index contributed by atoms with van der Waals surface area (Å²) in [6.45, 7) is 1.72. The molecular formula is C18H19F4N3O. The first-order valence-corrected chi connectivity index (χ1v) is 8.45. The zero-order valence-corrected chi connectivity index (χ0v) is 14.2. The van der Waals surface area contributed by atoms with Gasteiger partial charge in [-0.1, -0.05) is 12.8 Å². The second-order valence-corrected chi connectivity index (χ2v) is 6.54. The molecule has 2 aromatic rings. The first kappa shape index (κ1) is 18.4. The highest BCUT2D eigenvalue weighted by atomic mass is 19.4. The van der Waals surface area contributed by atoms with E-state index < -0.39 is 29.7 Å². The van der Waals surface area contributed by atoms with Crippen LogP contribution in [0.2, 0.25) is 0 Å². The Bertz CT molecular complexity index is 800. The summed E-state index contributed by atoms with van der Waals surface area (Å²) < 4.78 is 55.4. The van der Waals surface area contributed by atoms with Crippen LogP contribution in [0.25, 0.3) is 5.69 Å². The number of rotatable bonds is 3. The van der Waals surface area contributed by atoms with Gasteiger partial charge in [0, 0.05) is 24.0 Å². The Morgan fingerprint density at radius 1 is 1.27 bits per heavy atom. The number of carbonyl (C=O) groups is 1. The van der Waals surface area contributed by atoms with Crippen LogP contribution < -0.4 is 5.32 Å². The zero-order valence-electron chi connectivity index (χ0n) is 14.2. The summed E-state index contributed by atoms with van der Waals surface area (Å²) in [5.41, 5.74) is 0.393. The standard InChI is InChI=1S/C18H19F4N3O/c1-11-23-8-9-25(11)16-7-6-12(10-15(16)19)24-17(26)13-4-2-3-5-14(13)18(20,21)22/h6-10,13-14H,2-5H2,1H3,(H,24,26)/t13-,14+/m1/s1. The van der Waals surface area contributed by atoms with Crippen molar-refractivity contribution in [1.29, 1.82) is 0 Å². The zero-order chi connectivity index (χ0) is 18.9. The predicted molar refractivity (Wildman–Crippen MR) is 88.4 cm³/mol. The van der Waals surface area contributed by atoms with E-state index in [1.165, 1.54) is 18.3 Å². The lowest BCUT2D eigenvalue weighted by Crippen LogP contribution is -2.39. The number of alkyl halides is 3. The molecule has 4 nitrogen and oxygen atoms in total. The molecule has 0 spiro atoms. The highest BCUT2D eigenvalue weighted by molar-refractivity contribution is 5.93. The van der Waals surface area contributed by atoms with Crippen LogP contribution in [0.5, 0.6) is 0 Å². The molecule has 1 aromatic carbocycles. The first-order valence-electron chi connectivity index (χ1n) is 8.45. The van der Waals surface area contributed by atoms with E-state index in [9.17, 15) is 22.4 Å². The number of aryl methyl sites for hydroxylation is 1. The molecule has 1 aliphatic rings. The van der Waals surface area contributed by atoms with E-state index in [0.717, 1.165) is 6.07 Å². The minimum absolute atomic E-state index is 0.0468. The molecule has 1 heterocycles. The van der Waals surface area contributed by atoms with Crippen LogP contribution in [0.1, 0.15) is 31.5 Å². The second-order valence-electron chi connectivity index (χ2n) is 6.54. The maximum Gasteiger partial charge on any atom is 0.392 e. The van der Waals surface area contributed by atoms with Crippen LogP contribution in [0.3, 0.4) is 0 Å². The van der Waals surface area contributed by atoms with Crippen molar-refractivity contribution in [3.8, 4) is 5.69 Å². The van der Waals surface area contributed by atoms with Crippen molar-refractivity contribution in [2.75, 3.05) is 5.32 Å². The summed E-state index contributed by atoms with van der Waals surface area (Å²) in [6.07, 6.45) is -0.0950. The molecule has 8 heteroatoms. The summed E-state index contributed by atoms with van der Waals surface area (Å²) in [5, 5.41) is 2.44. The van der Waals surface area contributed by atoms with Gasteiger partial charge in [0.05, 0.1) is 11.6 Å². The summed E-state index contributed by atoms with van der Waals surface area (Å²) in [6, 6.07) is 4.04. The lowest BCUT2D eigenvalue weighted by molar-refractivity contribution is -0.197. The topological polar surface area (TPSA) is 46.9 Å². The van der Waals surface area contributed by atoms with E-state index in [1.807, 2.05) is 0 Å². The Labute approximate surface area is 148 Å². The van der Waals surface area contributed by atoms with Crippen molar-refractivity contribution >= 4 is 11.6 Å². The number of carbonyl (C=O) groups excluding carboxylic acids is 1. The van der Waals surface area contributed by atoms with Crippen molar-refractivity contribution in [2.45, 2.75) is 38.8 Å². The van der Waals surface area contributed by atoms with Crippen LogP contribution >= 0.6 is 0 Å². The Morgan fingerprint density at radius 3 is 2.62 bits per heavy atom. The maximum atomic E-state index is 14.4. The molecule has 0 radical (unpaired) electrons. The van der Waals surface area contributed by atoms with Crippen molar-refractivity contribution in [3.05, 3.63) is 42.2 Å². The molecular weight excluding hydrogens is 350 g/mol. The van der Waals surface area contributed by atoms with Crippen LogP contribution in [0.15, 0.2) is 30.6 Å². The van der Waals surface area contributed by atoms with E-state index in [1.54, 1.807) is 17.7 Å².